The van der Waals surface area contributed by atoms with E-state index >= 15 is 0 Å². The summed E-state index contributed by atoms with van der Waals surface area (Å²) in [6.07, 6.45) is 0. The number of rotatable bonds is 7. The minimum Gasteiger partial charge on any atom is -0.462 e. The Kier molecular flexibility index (Phi) is 6.94. The molecular formula is C22H19ClN2O5S. The van der Waals surface area contributed by atoms with Gasteiger partial charge < -0.3 is 10.1 Å². The van der Waals surface area contributed by atoms with Crippen LogP contribution in [0.1, 0.15) is 27.6 Å². The van der Waals surface area contributed by atoms with Crippen molar-refractivity contribution in [2.24, 2.45) is 0 Å². The Bertz CT molecular complexity index is 1200. The number of halogens is 1. The highest BCUT2D eigenvalue weighted by atomic mass is 35.5. The van der Waals surface area contributed by atoms with Gasteiger partial charge in [0.2, 0.25) is 0 Å². The molecule has 0 bridgehead atoms. The number of nitrogens with one attached hydrogen (secondary N) is 2. The first-order valence-electron chi connectivity index (χ1n) is 9.26. The van der Waals surface area contributed by atoms with E-state index in [1.54, 1.807) is 25.1 Å². The van der Waals surface area contributed by atoms with Crippen LogP contribution in [-0.2, 0) is 14.8 Å². The Labute approximate surface area is 185 Å². The number of anilines is 2. The van der Waals surface area contributed by atoms with Gasteiger partial charge in [-0.1, -0.05) is 29.8 Å². The van der Waals surface area contributed by atoms with Gasteiger partial charge in [-0.25, -0.2) is 13.2 Å². The molecule has 0 aliphatic rings. The molecule has 0 heterocycles. The minimum absolute atomic E-state index is 0.137. The highest BCUT2D eigenvalue weighted by molar-refractivity contribution is 7.92. The number of ether oxygens (including phenoxy) is 1. The molecule has 7 nitrogen and oxygen atoms in total. The van der Waals surface area contributed by atoms with E-state index in [9.17, 15) is 18.0 Å². The van der Waals surface area contributed by atoms with Crippen molar-refractivity contribution >= 4 is 44.9 Å². The lowest BCUT2D eigenvalue weighted by Gasteiger charge is -2.10. The first-order chi connectivity index (χ1) is 14.8. The van der Waals surface area contributed by atoms with Crippen LogP contribution < -0.4 is 10.0 Å². The fourth-order valence-corrected chi connectivity index (χ4v) is 3.96. The third-order valence-electron chi connectivity index (χ3n) is 4.18. The molecule has 0 atom stereocenters. The normalized spacial score (nSPS) is 10.9. The van der Waals surface area contributed by atoms with Gasteiger partial charge in [-0.05, 0) is 61.5 Å². The zero-order chi connectivity index (χ0) is 22.4. The van der Waals surface area contributed by atoms with Gasteiger partial charge in [-0.2, -0.15) is 0 Å². The summed E-state index contributed by atoms with van der Waals surface area (Å²) in [7, 11) is -3.72. The maximum atomic E-state index is 12.5. The van der Waals surface area contributed by atoms with Gasteiger partial charge in [0.15, 0.2) is 0 Å². The Morgan fingerprint density at radius 1 is 0.935 bits per heavy atom. The maximum Gasteiger partial charge on any atom is 0.338 e. The molecule has 0 aliphatic carbocycles. The molecule has 3 aromatic rings. The molecule has 0 fully saturated rings. The molecule has 0 radical (unpaired) electrons. The van der Waals surface area contributed by atoms with E-state index in [1.165, 1.54) is 54.6 Å². The van der Waals surface area contributed by atoms with Gasteiger partial charge in [0, 0.05) is 11.3 Å². The summed E-state index contributed by atoms with van der Waals surface area (Å²) in [5, 5.41) is 2.84. The average Bonchev–Trinajstić information content (AvgIpc) is 2.76. The van der Waals surface area contributed by atoms with Crippen LogP contribution in [-0.4, -0.2) is 26.9 Å². The summed E-state index contributed by atoms with van der Waals surface area (Å²) >= 11 is 6.16. The Morgan fingerprint density at radius 3 is 2.19 bits per heavy atom. The van der Waals surface area contributed by atoms with Crippen molar-refractivity contribution in [3.8, 4) is 0 Å². The zero-order valence-corrected chi connectivity index (χ0v) is 18.0. The summed E-state index contributed by atoms with van der Waals surface area (Å²) in [6, 6.07) is 18.3. The standard InChI is InChI=1S/C22H19ClN2O5S/c1-2-30-22(27)16-10-13-20(19(23)14-16)24-21(26)15-8-11-17(12-9-15)25-31(28,29)18-6-4-3-5-7-18/h3-14,25H,2H2,1H3,(H,24,26). The van der Waals surface area contributed by atoms with E-state index in [2.05, 4.69) is 10.0 Å². The number of sulfonamides is 1. The molecule has 0 saturated carbocycles. The van der Waals surface area contributed by atoms with Gasteiger partial charge >= 0.3 is 5.97 Å². The SMILES string of the molecule is CCOC(=O)c1ccc(NC(=O)c2ccc(NS(=O)(=O)c3ccccc3)cc2)c(Cl)c1. The van der Waals surface area contributed by atoms with Crippen LogP contribution in [0.2, 0.25) is 5.02 Å². The van der Waals surface area contributed by atoms with Crippen molar-refractivity contribution in [1.29, 1.82) is 0 Å². The summed E-state index contributed by atoms with van der Waals surface area (Å²) < 4.78 is 32.1. The van der Waals surface area contributed by atoms with Crippen LogP contribution in [0.3, 0.4) is 0 Å². The molecule has 3 aromatic carbocycles. The van der Waals surface area contributed by atoms with E-state index in [0.717, 1.165) is 0 Å². The lowest BCUT2D eigenvalue weighted by molar-refractivity contribution is 0.0526. The quantitative estimate of drug-likeness (QED) is 0.505. The fraction of sp³-hybridized carbons (Fsp3) is 0.0909. The molecule has 0 aliphatic heterocycles. The molecule has 160 valence electrons. The van der Waals surface area contributed by atoms with Gasteiger partial charge in [0.25, 0.3) is 15.9 Å². The fourth-order valence-electron chi connectivity index (χ4n) is 2.66. The number of esters is 1. The molecule has 0 aromatic heterocycles. The molecule has 2 N–H and O–H groups in total. The predicted octanol–water partition coefficient (Wildman–Crippen LogP) is 4.57. The molecule has 0 unspecified atom stereocenters. The number of carbonyl (C=O) groups excluding carboxylic acids is 2. The lowest BCUT2D eigenvalue weighted by Crippen LogP contribution is -2.14. The Balaban J connectivity index is 1.69. The lowest BCUT2D eigenvalue weighted by atomic mass is 10.1. The van der Waals surface area contributed by atoms with E-state index in [0.29, 0.717) is 16.9 Å². The first kappa shape index (κ1) is 22.3. The average molecular weight is 459 g/mol. The third-order valence-corrected chi connectivity index (χ3v) is 5.89. The van der Waals surface area contributed by atoms with Gasteiger partial charge in [0.1, 0.15) is 0 Å². The van der Waals surface area contributed by atoms with E-state index in [4.69, 9.17) is 16.3 Å². The van der Waals surface area contributed by atoms with Crippen molar-refractivity contribution in [1.82, 2.24) is 0 Å². The van der Waals surface area contributed by atoms with Crippen LogP contribution in [0, 0.1) is 0 Å². The van der Waals surface area contributed by atoms with Gasteiger partial charge in [0.05, 0.1) is 27.8 Å². The first-order valence-corrected chi connectivity index (χ1v) is 11.1. The van der Waals surface area contributed by atoms with E-state index in [-0.39, 0.29) is 22.1 Å². The van der Waals surface area contributed by atoms with Crippen LogP contribution in [0.5, 0.6) is 0 Å². The monoisotopic (exact) mass is 458 g/mol. The second kappa shape index (κ2) is 9.63. The molecule has 0 saturated heterocycles. The van der Waals surface area contributed by atoms with Crippen LogP contribution in [0.4, 0.5) is 11.4 Å². The van der Waals surface area contributed by atoms with E-state index < -0.39 is 21.9 Å². The summed E-state index contributed by atoms with van der Waals surface area (Å²) in [6.45, 7) is 1.94. The molecule has 3 rings (SSSR count). The zero-order valence-electron chi connectivity index (χ0n) is 16.5. The summed E-state index contributed by atoms with van der Waals surface area (Å²) in [5.41, 5.74) is 1.22. The van der Waals surface area contributed by atoms with Gasteiger partial charge in [-0.15, -0.1) is 0 Å². The van der Waals surface area contributed by atoms with Crippen LogP contribution in [0.25, 0.3) is 0 Å². The highest BCUT2D eigenvalue weighted by Gasteiger charge is 2.15. The van der Waals surface area contributed by atoms with Crippen molar-refractivity contribution in [2.45, 2.75) is 11.8 Å². The number of hydrogen-bond acceptors (Lipinski definition) is 5. The van der Waals surface area contributed by atoms with Crippen molar-refractivity contribution in [3.63, 3.8) is 0 Å². The summed E-state index contributed by atoms with van der Waals surface area (Å²) in [5.74, 6) is -0.945. The predicted molar refractivity (Wildman–Crippen MR) is 119 cm³/mol. The topological polar surface area (TPSA) is 102 Å². The molecule has 1 amide bonds. The maximum absolute atomic E-state index is 12.5. The molecule has 31 heavy (non-hydrogen) atoms. The largest absolute Gasteiger partial charge is 0.462 e. The Hall–Kier alpha value is -3.36. The minimum atomic E-state index is -3.72. The number of benzene rings is 3. The number of carbonyl (C=O) groups is 2. The number of amides is 1. The van der Waals surface area contributed by atoms with E-state index in [1.807, 2.05) is 0 Å². The van der Waals surface area contributed by atoms with Crippen LogP contribution >= 0.6 is 11.6 Å². The second-order valence-electron chi connectivity index (χ2n) is 6.37. The summed E-state index contributed by atoms with van der Waals surface area (Å²) in [4.78, 5) is 24.4. The molecule has 0 spiro atoms. The third kappa shape index (κ3) is 5.62. The number of hydrogen-bond donors (Lipinski definition) is 2. The van der Waals surface area contributed by atoms with Crippen molar-refractivity contribution in [3.05, 3.63) is 88.9 Å². The van der Waals surface area contributed by atoms with Crippen molar-refractivity contribution in [2.75, 3.05) is 16.6 Å². The smallest absolute Gasteiger partial charge is 0.338 e. The highest BCUT2D eigenvalue weighted by Crippen LogP contribution is 2.24. The van der Waals surface area contributed by atoms with Crippen LogP contribution in [0.15, 0.2) is 77.7 Å². The van der Waals surface area contributed by atoms with Gasteiger partial charge in [-0.3, -0.25) is 9.52 Å². The van der Waals surface area contributed by atoms with Crippen molar-refractivity contribution < 1.29 is 22.7 Å². The Morgan fingerprint density at radius 2 is 1.58 bits per heavy atom. The molecular weight excluding hydrogens is 440 g/mol. The second-order valence-corrected chi connectivity index (χ2v) is 8.45. The molecule has 9 heteroatoms.